The fourth-order valence-corrected chi connectivity index (χ4v) is 2.93. The fraction of sp³-hybridized carbons (Fsp3) is 0.263. The Balaban J connectivity index is 2.00. The van der Waals surface area contributed by atoms with Gasteiger partial charge in [0.2, 0.25) is 5.91 Å². The molecule has 3 rings (SSSR count). The summed E-state index contributed by atoms with van der Waals surface area (Å²) in [6.45, 7) is 4.61. The van der Waals surface area contributed by atoms with E-state index in [0.29, 0.717) is 18.7 Å². The van der Waals surface area contributed by atoms with E-state index in [1.165, 1.54) is 11.0 Å². The van der Waals surface area contributed by atoms with Crippen LogP contribution in [-0.4, -0.2) is 29.8 Å². The van der Waals surface area contributed by atoms with E-state index in [9.17, 15) is 14.0 Å². The second-order valence-electron chi connectivity index (χ2n) is 6.01. The topological polar surface area (TPSA) is 49.4 Å². The molecule has 1 unspecified atom stereocenters. The Morgan fingerprint density at radius 2 is 1.92 bits per heavy atom. The van der Waals surface area contributed by atoms with Crippen molar-refractivity contribution in [2.24, 2.45) is 0 Å². The molecule has 1 saturated heterocycles. The summed E-state index contributed by atoms with van der Waals surface area (Å²) in [5, 5.41) is 2.72. The Morgan fingerprint density at radius 1 is 1.17 bits per heavy atom. The van der Waals surface area contributed by atoms with Crippen molar-refractivity contribution < 1.29 is 14.0 Å². The maximum Gasteiger partial charge on any atom is 0.254 e. The van der Waals surface area contributed by atoms with Gasteiger partial charge in [-0.1, -0.05) is 24.3 Å². The maximum atomic E-state index is 14.2. The summed E-state index contributed by atoms with van der Waals surface area (Å²) in [4.78, 5) is 26.7. The van der Waals surface area contributed by atoms with Gasteiger partial charge < -0.3 is 10.2 Å². The third-order valence-corrected chi connectivity index (χ3v) is 4.43. The van der Waals surface area contributed by atoms with E-state index in [1.54, 1.807) is 24.3 Å². The van der Waals surface area contributed by atoms with E-state index in [0.717, 1.165) is 11.1 Å². The van der Waals surface area contributed by atoms with Crippen LogP contribution >= 0.6 is 0 Å². The van der Waals surface area contributed by atoms with Crippen LogP contribution in [0.1, 0.15) is 33.1 Å². The van der Waals surface area contributed by atoms with Gasteiger partial charge in [0, 0.05) is 24.2 Å². The number of halogens is 1. The van der Waals surface area contributed by atoms with E-state index >= 15 is 0 Å². The van der Waals surface area contributed by atoms with Crippen molar-refractivity contribution in [3.05, 3.63) is 70.5 Å². The van der Waals surface area contributed by atoms with Crippen LogP contribution in [0, 0.1) is 19.7 Å². The number of benzene rings is 2. The number of piperazine rings is 1. The fourth-order valence-electron chi connectivity index (χ4n) is 2.93. The minimum atomic E-state index is -0.950. The van der Waals surface area contributed by atoms with Crippen LogP contribution < -0.4 is 5.32 Å². The number of amides is 2. The van der Waals surface area contributed by atoms with Gasteiger partial charge in [-0.05, 0) is 43.2 Å². The molecule has 5 heteroatoms. The highest BCUT2D eigenvalue weighted by Gasteiger charge is 2.36. The average Bonchev–Trinajstić information content (AvgIpc) is 2.57. The molecule has 0 saturated carbocycles. The van der Waals surface area contributed by atoms with E-state index < -0.39 is 11.9 Å². The molecule has 24 heavy (non-hydrogen) atoms. The first-order chi connectivity index (χ1) is 11.5. The van der Waals surface area contributed by atoms with Crippen LogP contribution in [0.5, 0.6) is 0 Å². The molecule has 2 aromatic carbocycles. The van der Waals surface area contributed by atoms with Crippen molar-refractivity contribution in [1.82, 2.24) is 10.2 Å². The molecule has 2 aromatic rings. The highest BCUT2D eigenvalue weighted by Crippen LogP contribution is 2.27. The van der Waals surface area contributed by atoms with Crippen LogP contribution in [-0.2, 0) is 4.79 Å². The minimum absolute atomic E-state index is 0.215. The lowest BCUT2D eigenvalue weighted by Gasteiger charge is -2.35. The van der Waals surface area contributed by atoms with Gasteiger partial charge in [-0.2, -0.15) is 0 Å². The first-order valence-electron chi connectivity index (χ1n) is 7.89. The summed E-state index contributed by atoms with van der Waals surface area (Å²) >= 11 is 0. The van der Waals surface area contributed by atoms with Crippen molar-refractivity contribution in [1.29, 1.82) is 0 Å². The molecule has 0 spiro atoms. The van der Waals surface area contributed by atoms with Gasteiger partial charge in [0.15, 0.2) is 0 Å². The van der Waals surface area contributed by atoms with E-state index in [2.05, 4.69) is 5.32 Å². The lowest BCUT2D eigenvalue weighted by molar-refractivity contribution is -0.128. The van der Waals surface area contributed by atoms with Crippen molar-refractivity contribution >= 4 is 11.8 Å². The van der Waals surface area contributed by atoms with Crippen LogP contribution in [0.4, 0.5) is 4.39 Å². The lowest BCUT2D eigenvalue weighted by atomic mass is 9.99. The molecule has 0 radical (unpaired) electrons. The highest BCUT2D eigenvalue weighted by atomic mass is 19.1. The predicted molar refractivity (Wildman–Crippen MR) is 89.1 cm³/mol. The summed E-state index contributed by atoms with van der Waals surface area (Å²) < 4.78 is 14.2. The molecular weight excluding hydrogens is 307 g/mol. The van der Waals surface area contributed by atoms with Gasteiger partial charge in [0.1, 0.15) is 11.9 Å². The van der Waals surface area contributed by atoms with Crippen molar-refractivity contribution in [2.45, 2.75) is 19.9 Å². The summed E-state index contributed by atoms with van der Waals surface area (Å²) in [6, 6.07) is 10.6. The zero-order chi connectivity index (χ0) is 17.3. The number of carbonyl (C=O) groups is 2. The molecule has 2 amide bonds. The quantitative estimate of drug-likeness (QED) is 0.922. The summed E-state index contributed by atoms with van der Waals surface area (Å²) in [6.07, 6.45) is 0. The van der Waals surface area contributed by atoms with Gasteiger partial charge in [-0.15, -0.1) is 0 Å². The Kier molecular flexibility index (Phi) is 4.34. The van der Waals surface area contributed by atoms with Crippen molar-refractivity contribution in [3.63, 3.8) is 0 Å². The Bertz CT molecular complexity index is 804. The normalized spacial score (nSPS) is 17.5. The predicted octanol–water partition coefficient (Wildman–Crippen LogP) is 2.76. The van der Waals surface area contributed by atoms with Crippen molar-refractivity contribution in [3.8, 4) is 0 Å². The average molecular weight is 326 g/mol. The molecule has 0 aromatic heterocycles. The van der Waals surface area contributed by atoms with Crippen LogP contribution in [0.2, 0.25) is 0 Å². The number of rotatable bonds is 2. The molecule has 0 bridgehead atoms. The third kappa shape index (κ3) is 2.89. The molecule has 124 valence electrons. The van der Waals surface area contributed by atoms with Gasteiger partial charge in [0.25, 0.3) is 5.91 Å². The largest absolute Gasteiger partial charge is 0.352 e. The standard InChI is InChI=1S/C19H19FN2O2/c1-12-7-8-14(11-13(12)2)19(24)22-10-9-21-18(23)17(22)15-5-3-4-6-16(15)20/h3-8,11,17H,9-10H2,1-2H3,(H,21,23). The first kappa shape index (κ1) is 16.2. The first-order valence-corrected chi connectivity index (χ1v) is 7.89. The number of nitrogens with zero attached hydrogens (tertiary/aromatic N) is 1. The molecule has 0 aliphatic carbocycles. The molecule has 1 N–H and O–H groups in total. The SMILES string of the molecule is Cc1ccc(C(=O)N2CCNC(=O)C2c2ccccc2F)cc1C. The Hall–Kier alpha value is -2.69. The van der Waals surface area contributed by atoms with Gasteiger partial charge in [-0.25, -0.2) is 4.39 Å². The minimum Gasteiger partial charge on any atom is -0.352 e. The van der Waals surface area contributed by atoms with Crippen LogP contribution in [0.15, 0.2) is 42.5 Å². The Labute approximate surface area is 140 Å². The van der Waals surface area contributed by atoms with Gasteiger partial charge in [-0.3, -0.25) is 9.59 Å². The molecule has 1 aliphatic rings. The zero-order valence-corrected chi connectivity index (χ0v) is 13.7. The van der Waals surface area contributed by atoms with E-state index in [-0.39, 0.29) is 17.4 Å². The van der Waals surface area contributed by atoms with Crippen LogP contribution in [0.3, 0.4) is 0 Å². The van der Waals surface area contributed by atoms with E-state index in [4.69, 9.17) is 0 Å². The van der Waals surface area contributed by atoms with Gasteiger partial charge in [0.05, 0.1) is 0 Å². The number of hydrogen-bond acceptors (Lipinski definition) is 2. The van der Waals surface area contributed by atoms with Gasteiger partial charge >= 0.3 is 0 Å². The Morgan fingerprint density at radius 3 is 2.62 bits per heavy atom. The maximum absolute atomic E-state index is 14.2. The highest BCUT2D eigenvalue weighted by molar-refractivity contribution is 5.98. The van der Waals surface area contributed by atoms with Crippen LogP contribution in [0.25, 0.3) is 0 Å². The molecule has 1 heterocycles. The summed E-state index contributed by atoms with van der Waals surface area (Å²) in [7, 11) is 0. The van der Waals surface area contributed by atoms with E-state index in [1.807, 2.05) is 26.0 Å². The smallest absolute Gasteiger partial charge is 0.254 e. The van der Waals surface area contributed by atoms with Crippen molar-refractivity contribution in [2.75, 3.05) is 13.1 Å². The number of carbonyl (C=O) groups excluding carboxylic acids is 2. The number of nitrogens with one attached hydrogen (secondary N) is 1. The third-order valence-electron chi connectivity index (χ3n) is 4.43. The molecule has 4 nitrogen and oxygen atoms in total. The number of aryl methyl sites for hydroxylation is 2. The summed E-state index contributed by atoms with van der Waals surface area (Å²) in [5.74, 6) is -1.11. The molecule has 1 fully saturated rings. The second kappa shape index (κ2) is 6.43. The zero-order valence-electron chi connectivity index (χ0n) is 13.7. The second-order valence-corrected chi connectivity index (χ2v) is 6.01. The molecule has 1 atom stereocenters. The lowest BCUT2D eigenvalue weighted by Crippen LogP contribution is -2.52. The monoisotopic (exact) mass is 326 g/mol. The summed E-state index contributed by atoms with van der Waals surface area (Å²) in [5.41, 5.74) is 2.82. The molecular formula is C19H19FN2O2. The number of hydrogen-bond donors (Lipinski definition) is 1. The molecule has 1 aliphatic heterocycles.